The van der Waals surface area contributed by atoms with E-state index in [4.69, 9.17) is 10.5 Å². The molecule has 0 spiro atoms. The number of anilines is 1. The third-order valence-electron chi connectivity index (χ3n) is 4.67. The Bertz CT molecular complexity index is 546. The molecule has 0 radical (unpaired) electrons. The highest BCUT2D eigenvalue weighted by molar-refractivity contribution is 5.98. The number of fused-ring (bicyclic) bond motifs is 1. The maximum Gasteiger partial charge on any atom is 0.257 e. The number of ether oxygens (including phenoxy) is 1. The molecule has 3 rings (SSSR count). The fourth-order valence-electron chi connectivity index (χ4n) is 3.60. The van der Waals surface area contributed by atoms with Crippen LogP contribution in [-0.4, -0.2) is 41.7 Å². The fourth-order valence-corrected chi connectivity index (χ4v) is 3.60. The lowest BCUT2D eigenvalue weighted by Gasteiger charge is -2.20. The van der Waals surface area contributed by atoms with Crippen molar-refractivity contribution in [3.8, 4) is 5.75 Å². The molecule has 1 saturated carbocycles. The van der Waals surface area contributed by atoms with Crippen molar-refractivity contribution in [2.24, 2.45) is 11.8 Å². The topological polar surface area (TPSA) is 75.8 Å². The molecule has 2 fully saturated rings. The first-order chi connectivity index (χ1) is 10.1. The van der Waals surface area contributed by atoms with Gasteiger partial charge in [-0.05, 0) is 37.8 Å². The molecule has 5 nitrogen and oxygen atoms in total. The molecule has 1 aliphatic carbocycles. The van der Waals surface area contributed by atoms with Crippen LogP contribution in [0, 0.1) is 11.8 Å². The molecule has 114 valence electrons. The molecule has 5 heteroatoms. The maximum absolute atomic E-state index is 12.7. The fraction of sp³-hybridized carbons (Fsp3) is 0.562. The number of likely N-dealkylation sites (tertiary alicyclic amines) is 1. The molecule has 1 aromatic carbocycles. The molecular weight excluding hydrogens is 268 g/mol. The summed E-state index contributed by atoms with van der Waals surface area (Å²) in [6.07, 6.45) is 1.60. The van der Waals surface area contributed by atoms with Crippen LogP contribution in [0.3, 0.4) is 0 Å². The van der Waals surface area contributed by atoms with Crippen LogP contribution in [0.5, 0.6) is 5.75 Å². The van der Waals surface area contributed by atoms with Crippen molar-refractivity contribution in [3.05, 3.63) is 23.8 Å². The monoisotopic (exact) mass is 290 g/mol. The van der Waals surface area contributed by atoms with E-state index in [2.05, 4.69) is 0 Å². The van der Waals surface area contributed by atoms with Crippen molar-refractivity contribution in [2.45, 2.75) is 25.9 Å². The molecule has 1 saturated heterocycles. The molecule has 0 aromatic heterocycles. The van der Waals surface area contributed by atoms with E-state index in [-0.39, 0.29) is 17.9 Å². The molecule has 1 aromatic rings. The van der Waals surface area contributed by atoms with Gasteiger partial charge in [0.25, 0.3) is 5.91 Å². The van der Waals surface area contributed by atoms with Gasteiger partial charge >= 0.3 is 0 Å². The number of carbonyl (C=O) groups is 1. The Labute approximate surface area is 124 Å². The molecule has 3 atom stereocenters. The minimum atomic E-state index is -0.264. The van der Waals surface area contributed by atoms with E-state index in [0.29, 0.717) is 36.1 Å². The van der Waals surface area contributed by atoms with Crippen molar-refractivity contribution in [1.82, 2.24) is 4.90 Å². The van der Waals surface area contributed by atoms with Crippen LogP contribution in [0.15, 0.2) is 18.2 Å². The van der Waals surface area contributed by atoms with E-state index in [0.717, 1.165) is 19.4 Å². The highest BCUT2D eigenvalue weighted by Crippen LogP contribution is 2.39. The Morgan fingerprint density at radius 1 is 1.43 bits per heavy atom. The Balaban J connectivity index is 1.82. The number of benzene rings is 1. The summed E-state index contributed by atoms with van der Waals surface area (Å²) in [4.78, 5) is 14.6. The van der Waals surface area contributed by atoms with Crippen molar-refractivity contribution in [3.63, 3.8) is 0 Å². The second-order valence-electron chi connectivity index (χ2n) is 5.94. The molecule has 1 heterocycles. The third kappa shape index (κ3) is 2.46. The third-order valence-corrected chi connectivity index (χ3v) is 4.67. The van der Waals surface area contributed by atoms with Gasteiger partial charge in [0.05, 0.1) is 24.0 Å². The molecule has 1 aliphatic heterocycles. The minimum Gasteiger partial charge on any atom is -0.491 e. The van der Waals surface area contributed by atoms with Gasteiger partial charge in [0.2, 0.25) is 0 Å². The minimum absolute atomic E-state index is 0.0487. The number of nitrogens with two attached hydrogens (primary N) is 1. The lowest BCUT2D eigenvalue weighted by molar-refractivity contribution is 0.0748. The van der Waals surface area contributed by atoms with E-state index in [1.807, 2.05) is 11.8 Å². The summed E-state index contributed by atoms with van der Waals surface area (Å²) in [5.74, 6) is 1.08. The van der Waals surface area contributed by atoms with E-state index in [9.17, 15) is 9.90 Å². The number of rotatable bonds is 3. The van der Waals surface area contributed by atoms with E-state index in [1.54, 1.807) is 18.2 Å². The van der Waals surface area contributed by atoms with Crippen LogP contribution in [0.2, 0.25) is 0 Å². The predicted molar refractivity (Wildman–Crippen MR) is 80.1 cm³/mol. The lowest BCUT2D eigenvalue weighted by Crippen LogP contribution is -2.31. The molecule has 0 bridgehead atoms. The number of para-hydroxylation sites is 1. The zero-order valence-electron chi connectivity index (χ0n) is 12.3. The average Bonchev–Trinajstić information content (AvgIpc) is 3.03. The van der Waals surface area contributed by atoms with Crippen molar-refractivity contribution in [2.75, 3.05) is 25.4 Å². The van der Waals surface area contributed by atoms with Gasteiger partial charge in [-0.15, -0.1) is 0 Å². The van der Waals surface area contributed by atoms with Crippen LogP contribution < -0.4 is 10.5 Å². The largest absolute Gasteiger partial charge is 0.491 e. The second kappa shape index (κ2) is 5.56. The maximum atomic E-state index is 12.7. The van der Waals surface area contributed by atoms with Gasteiger partial charge in [-0.25, -0.2) is 0 Å². The summed E-state index contributed by atoms with van der Waals surface area (Å²) in [6.45, 7) is 3.70. The van der Waals surface area contributed by atoms with Gasteiger partial charge < -0.3 is 20.5 Å². The number of aliphatic hydroxyl groups excluding tert-OH is 1. The lowest BCUT2D eigenvalue weighted by atomic mass is 10.00. The zero-order chi connectivity index (χ0) is 15.0. The highest BCUT2D eigenvalue weighted by atomic mass is 16.5. The Hall–Kier alpha value is -1.75. The van der Waals surface area contributed by atoms with Gasteiger partial charge in [-0.2, -0.15) is 0 Å². The SMILES string of the molecule is CCOc1c(N)cccc1C(=O)N1CC2CCC(O)C2C1. The number of nitrogens with zero attached hydrogens (tertiary/aromatic N) is 1. The van der Waals surface area contributed by atoms with Crippen LogP contribution in [0.4, 0.5) is 5.69 Å². The van der Waals surface area contributed by atoms with E-state index >= 15 is 0 Å². The summed E-state index contributed by atoms with van der Waals surface area (Å²) in [5.41, 5.74) is 6.93. The number of nitrogen functional groups attached to an aromatic ring is 1. The van der Waals surface area contributed by atoms with E-state index < -0.39 is 0 Å². The smallest absolute Gasteiger partial charge is 0.257 e. The number of aliphatic hydroxyl groups is 1. The molecule has 3 unspecified atom stereocenters. The average molecular weight is 290 g/mol. The first kappa shape index (κ1) is 14.2. The second-order valence-corrected chi connectivity index (χ2v) is 5.94. The molecular formula is C16H22N2O3. The Morgan fingerprint density at radius 2 is 2.24 bits per heavy atom. The first-order valence-electron chi connectivity index (χ1n) is 7.60. The van der Waals surface area contributed by atoms with E-state index in [1.165, 1.54) is 0 Å². The molecule has 3 N–H and O–H groups in total. The van der Waals surface area contributed by atoms with Crippen molar-refractivity contribution in [1.29, 1.82) is 0 Å². The molecule has 2 aliphatic rings. The quantitative estimate of drug-likeness (QED) is 0.827. The standard InChI is InChI=1S/C16H22N2O3/c1-2-21-15-11(4-3-5-13(15)17)16(20)18-8-10-6-7-14(19)12(10)9-18/h3-5,10,12,14,19H,2,6-9,17H2,1H3. The van der Waals surface area contributed by atoms with Gasteiger partial charge in [0.1, 0.15) is 0 Å². The number of hydrogen-bond donors (Lipinski definition) is 2. The van der Waals surface area contributed by atoms with Gasteiger partial charge in [-0.3, -0.25) is 4.79 Å². The normalized spacial score (nSPS) is 27.7. The van der Waals surface area contributed by atoms with Crippen LogP contribution in [0.25, 0.3) is 0 Å². The number of hydrogen-bond acceptors (Lipinski definition) is 4. The van der Waals surface area contributed by atoms with Gasteiger partial charge in [0, 0.05) is 19.0 Å². The van der Waals surface area contributed by atoms with Crippen molar-refractivity contribution >= 4 is 11.6 Å². The van der Waals surface area contributed by atoms with Crippen molar-refractivity contribution < 1.29 is 14.6 Å². The number of carbonyl (C=O) groups excluding carboxylic acids is 1. The summed E-state index contributed by atoms with van der Waals surface area (Å²) in [5, 5.41) is 9.97. The van der Waals surface area contributed by atoms with Gasteiger partial charge in [-0.1, -0.05) is 6.07 Å². The van der Waals surface area contributed by atoms with Crippen LogP contribution in [0.1, 0.15) is 30.1 Å². The zero-order valence-corrected chi connectivity index (χ0v) is 12.3. The first-order valence-corrected chi connectivity index (χ1v) is 7.60. The summed E-state index contributed by atoms with van der Waals surface area (Å²) in [7, 11) is 0. The van der Waals surface area contributed by atoms with Crippen LogP contribution in [-0.2, 0) is 0 Å². The Kier molecular flexibility index (Phi) is 3.76. The molecule has 1 amide bonds. The summed E-state index contributed by atoms with van der Waals surface area (Å²) >= 11 is 0. The Morgan fingerprint density at radius 3 is 2.95 bits per heavy atom. The summed E-state index contributed by atoms with van der Waals surface area (Å²) in [6, 6.07) is 5.27. The predicted octanol–water partition coefficient (Wildman–Crippen LogP) is 1.51. The van der Waals surface area contributed by atoms with Crippen LogP contribution >= 0.6 is 0 Å². The number of amides is 1. The summed E-state index contributed by atoms with van der Waals surface area (Å²) < 4.78 is 5.54. The molecule has 21 heavy (non-hydrogen) atoms. The van der Waals surface area contributed by atoms with Gasteiger partial charge in [0.15, 0.2) is 5.75 Å². The highest BCUT2D eigenvalue weighted by Gasteiger charge is 2.43.